The van der Waals surface area contributed by atoms with Crippen molar-refractivity contribution in [2.45, 2.75) is 20.0 Å². The van der Waals surface area contributed by atoms with Gasteiger partial charge in [0.1, 0.15) is 24.2 Å². The van der Waals surface area contributed by atoms with Gasteiger partial charge in [0.2, 0.25) is 0 Å². The van der Waals surface area contributed by atoms with Crippen LogP contribution in [0.1, 0.15) is 19.4 Å². The van der Waals surface area contributed by atoms with Crippen LogP contribution < -0.4 is 0 Å². The van der Waals surface area contributed by atoms with Gasteiger partial charge in [-0.15, -0.1) is 0 Å². The number of halogens is 1. The molecule has 5 heteroatoms. The van der Waals surface area contributed by atoms with Crippen LogP contribution >= 0.6 is 0 Å². The van der Waals surface area contributed by atoms with Gasteiger partial charge < -0.3 is 4.74 Å². The van der Waals surface area contributed by atoms with Crippen molar-refractivity contribution < 1.29 is 9.13 Å². The molecule has 18 heavy (non-hydrogen) atoms. The molecule has 0 N–H and O–H groups in total. The van der Waals surface area contributed by atoms with Gasteiger partial charge in [-0.3, -0.25) is 0 Å². The number of rotatable bonds is 4. The van der Waals surface area contributed by atoms with Gasteiger partial charge in [0, 0.05) is 5.56 Å². The highest BCUT2D eigenvalue weighted by atomic mass is 19.1. The van der Waals surface area contributed by atoms with Crippen LogP contribution in [0.2, 0.25) is 0 Å². The van der Waals surface area contributed by atoms with Crippen LogP contribution in [0.4, 0.5) is 4.39 Å². The van der Waals surface area contributed by atoms with Crippen LogP contribution in [-0.4, -0.2) is 20.9 Å². The Morgan fingerprint density at radius 2 is 2.06 bits per heavy atom. The van der Waals surface area contributed by atoms with Gasteiger partial charge in [0.25, 0.3) is 0 Å². The van der Waals surface area contributed by atoms with Crippen LogP contribution in [0.5, 0.6) is 0 Å². The maximum atomic E-state index is 12.9. The molecule has 0 spiro atoms. The molecule has 2 aromatic rings. The fraction of sp³-hybridized carbons (Fsp3) is 0.231. The maximum Gasteiger partial charge on any atom is 0.145 e. The van der Waals surface area contributed by atoms with E-state index in [1.54, 1.807) is 29.3 Å². The van der Waals surface area contributed by atoms with Crippen molar-refractivity contribution in [3.63, 3.8) is 0 Å². The first-order chi connectivity index (χ1) is 8.65. The zero-order valence-electron chi connectivity index (χ0n) is 10.2. The quantitative estimate of drug-likeness (QED) is 0.780. The molecular weight excluding hydrogens is 233 g/mol. The molecule has 0 saturated heterocycles. The summed E-state index contributed by atoms with van der Waals surface area (Å²) in [6.45, 7) is 3.86. The number of hydrogen-bond acceptors (Lipinski definition) is 3. The number of hydrogen-bond donors (Lipinski definition) is 0. The summed E-state index contributed by atoms with van der Waals surface area (Å²) >= 11 is 0. The van der Waals surface area contributed by atoms with Crippen molar-refractivity contribution in [1.82, 2.24) is 14.8 Å². The molecule has 0 fully saturated rings. The molecule has 0 aliphatic rings. The van der Waals surface area contributed by atoms with E-state index in [9.17, 15) is 4.39 Å². The van der Waals surface area contributed by atoms with E-state index in [0.29, 0.717) is 5.76 Å². The molecule has 0 unspecified atom stereocenters. The fourth-order valence-corrected chi connectivity index (χ4v) is 1.45. The van der Waals surface area contributed by atoms with E-state index in [1.165, 1.54) is 18.5 Å². The third-order valence-corrected chi connectivity index (χ3v) is 2.18. The summed E-state index contributed by atoms with van der Waals surface area (Å²) in [7, 11) is 0. The number of aromatic nitrogens is 3. The summed E-state index contributed by atoms with van der Waals surface area (Å²) < 4.78 is 20.1. The van der Waals surface area contributed by atoms with Gasteiger partial charge in [-0.2, -0.15) is 5.10 Å². The molecule has 0 atom stereocenters. The number of benzene rings is 1. The van der Waals surface area contributed by atoms with Gasteiger partial charge in [-0.25, -0.2) is 14.1 Å². The molecule has 1 aromatic heterocycles. The van der Waals surface area contributed by atoms with Gasteiger partial charge >= 0.3 is 0 Å². The van der Waals surface area contributed by atoms with Crippen LogP contribution in [0.3, 0.4) is 0 Å². The second-order valence-electron chi connectivity index (χ2n) is 4.04. The molecule has 4 nitrogen and oxygen atoms in total. The molecule has 1 aromatic carbocycles. The Bertz CT molecular complexity index is 518. The smallest absolute Gasteiger partial charge is 0.145 e. The van der Waals surface area contributed by atoms with E-state index in [2.05, 4.69) is 10.1 Å². The molecule has 0 radical (unpaired) electrons. The summed E-state index contributed by atoms with van der Waals surface area (Å²) in [5.41, 5.74) is 0.792. The van der Waals surface area contributed by atoms with Gasteiger partial charge in [-0.05, 0) is 38.1 Å². The Hall–Kier alpha value is -2.17. The normalized spacial score (nSPS) is 11.9. The van der Waals surface area contributed by atoms with Crippen LogP contribution in [-0.2, 0) is 4.74 Å². The molecule has 1 heterocycles. The first kappa shape index (κ1) is 12.3. The molecule has 0 amide bonds. The van der Waals surface area contributed by atoms with Crippen LogP contribution in [0.15, 0.2) is 36.9 Å². The van der Waals surface area contributed by atoms with Crippen molar-refractivity contribution in [3.05, 3.63) is 48.3 Å². The SMILES string of the molecule is CC(C)O/C(=C\n1cncn1)c1ccc(F)cc1. The Morgan fingerprint density at radius 1 is 1.33 bits per heavy atom. The van der Waals surface area contributed by atoms with E-state index < -0.39 is 0 Å². The van der Waals surface area contributed by atoms with Crippen LogP contribution in [0.25, 0.3) is 12.0 Å². The summed E-state index contributed by atoms with van der Waals surface area (Å²) in [5.74, 6) is 0.346. The molecule has 0 bridgehead atoms. The molecule has 0 saturated carbocycles. The average molecular weight is 247 g/mol. The zero-order chi connectivity index (χ0) is 13.0. The maximum absolute atomic E-state index is 12.9. The lowest BCUT2D eigenvalue weighted by molar-refractivity contribution is 0.205. The summed E-state index contributed by atoms with van der Waals surface area (Å²) in [4.78, 5) is 3.85. The molecule has 0 aliphatic carbocycles. The Labute approximate surface area is 105 Å². The fourth-order valence-electron chi connectivity index (χ4n) is 1.45. The standard InChI is InChI=1S/C13H14FN3O/c1-10(2)18-13(7-17-9-15-8-16-17)11-3-5-12(14)6-4-11/h3-10H,1-2H3/b13-7-. The van der Waals surface area contributed by atoms with E-state index in [1.807, 2.05) is 13.8 Å². The van der Waals surface area contributed by atoms with Crippen molar-refractivity contribution in [2.24, 2.45) is 0 Å². The third kappa shape index (κ3) is 3.16. The van der Waals surface area contributed by atoms with Crippen LogP contribution in [0, 0.1) is 5.82 Å². The first-order valence-corrected chi connectivity index (χ1v) is 5.63. The summed E-state index contributed by atoms with van der Waals surface area (Å²) in [5, 5.41) is 3.98. The highest BCUT2D eigenvalue weighted by Gasteiger charge is 2.06. The van der Waals surface area contributed by atoms with Gasteiger partial charge in [-0.1, -0.05) is 0 Å². The summed E-state index contributed by atoms with van der Waals surface area (Å²) in [6, 6.07) is 6.13. The van der Waals surface area contributed by atoms with E-state index >= 15 is 0 Å². The highest BCUT2D eigenvalue weighted by Crippen LogP contribution is 2.19. The predicted octanol–water partition coefficient (Wildman–Crippen LogP) is 2.80. The van der Waals surface area contributed by atoms with Gasteiger partial charge in [0.15, 0.2) is 0 Å². The predicted molar refractivity (Wildman–Crippen MR) is 66.8 cm³/mol. The first-order valence-electron chi connectivity index (χ1n) is 5.63. The van der Waals surface area contributed by atoms with Crippen molar-refractivity contribution in [1.29, 1.82) is 0 Å². The lowest BCUT2D eigenvalue weighted by Gasteiger charge is -2.13. The zero-order valence-corrected chi connectivity index (χ0v) is 10.2. The Balaban J connectivity index is 2.33. The van der Waals surface area contributed by atoms with Crippen molar-refractivity contribution >= 4 is 12.0 Å². The monoisotopic (exact) mass is 247 g/mol. The van der Waals surface area contributed by atoms with E-state index in [-0.39, 0.29) is 11.9 Å². The second-order valence-corrected chi connectivity index (χ2v) is 4.04. The molecular formula is C13H14FN3O. The van der Waals surface area contributed by atoms with E-state index in [4.69, 9.17) is 4.74 Å². The minimum Gasteiger partial charge on any atom is -0.489 e. The Kier molecular flexibility index (Phi) is 3.72. The third-order valence-electron chi connectivity index (χ3n) is 2.18. The minimum atomic E-state index is -0.275. The van der Waals surface area contributed by atoms with Gasteiger partial charge in [0.05, 0.1) is 12.3 Å². The molecule has 94 valence electrons. The number of nitrogens with zero attached hydrogens (tertiary/aromatic N) is 3. The summed E-state index contributed by atoms with van der Waals surface area (Å²) in [6.07, 6.45) is 4.73. The number of ether oxygens (including phenoxy) is 1. The van der Waals surface area contributed by atoms with E-state index in [0.717, 1.165) is 5.56 Å². The lowest BCUT2D eigenvalue weighted by atomic mass is 10.2. The molecule has 0 aliphatic heterocycles. The molecule has 2 rings (SSSR count). The second kappa shape index (κ2) is 5.44. The average Bonchev–Trinajstić information content (AvgIpc) is 2.81. The minimum absolute atomic E-state index is 0.0184. The lowest BCUT2D eigenvalue weighted by Crippen LogP contribution is -2.03. The highest BCUT2D eigenvalue weighted by molar-refractivity contribution is 5.69. The van der Waals surface area contributed by atoms with Crippen molar-refractivity contribution in [2.75, 3.05) is 0 Å². The topological polar surface area (TPSA) is 39.9 Å². The largest absolute Gasteiger partial charge is 0.489 e. The Morgan fingerprint density at radius 3 is 2.61 bits per heavy atom. The van der Waals surface area contributed by atoms with Crippen molar-refractivity contribution in [3.8, 4) is 0 Å².